The molecule has 2 aromatic rings. The molecule has 0 spiro atoms. The van der Waals surface area contributed by atoms with E-state index in [1.165, 1.54) is 11.3 Å². The minimum Gasteiger partial charge on any atom is -0.473 e. The third-order valence-corrected chi connectivity index (χ3v) is 3.13. The molecule has 80 valence electrons. The summed E-state index contributed by atoms with van der Waals surface area (Å²) in [6.07, 6.45) is 0. The number of carboxylic acid groups (broad SMARTS) is 1. The zero-order chi connectivity index (χ0) is 11.4. The molecule has 0 aliphatic carbocycles. The first-order valence-corrected chi connectivity index (χ1v) is 5.62. The Hall–Kier alpha value is -1.42. The van der Waals surface area contributed by atoms with Gasteiger partial charge >= 0.3 is 11.0 Å². The number of aryl methyl sites for hydroxylation is 1. The van der Waals surface area contributed by atoms with Gasteiger partial charge in [0.2, 0.25) is 5.52 Å². The molecule has 1 aromatic heterocycles. The van der Waals surface area contributed by atoms with Gasteiger partial charge in [0.25, 0.3) is 0 Å². The number of aromatic carboxylic acids is 1. The number of para-hydroxylation sites is 1. The number of thiazole rings is 1. The van der Waals surface area contributed by atoms with Gasteiger partial charge in [0.1, 0.15) is 11.7 Å². The normalized spacial score (nSPS) is 9.53. The molecule has 0 bridgehead atoms. The fourth-order valence-corrected chi connectivity index (χ4v) is 2.28. The molecule has 1 heterocycles. The van der Waals surface area contributed by atoms with Gasteiger partial charge in [-0.05, 0) is 6.07 Å². The molecule has 0 aliphatic heterocycles. The molecule has 0 aliphatic rings. The van der Waals surface area contributed by atoms with E-state index in [-0.39, 0.29) is 0 Å². The van der Waals surface area contributed by atoms with E-state index >= 15 is 0 Å². The second-order valence-electron chi connectivity index (χ2n) is 2.74. The van der Waals surface area contributed by atoms with E-state index in [0.29, 0.717) is 5.01 Å². The van der Waals surface area contributed by atoms with E-state index in [9.17, 15) is 4.79 Å². The molecule has 0 saturated carbocycles. The van der Waals surface area contributed by atoms with Crippen molar-refractivity contribution in [3.63, 3.8) is 0 Å². The molecule has 0 fully saturated rings. The summed E-state index contributed by atoms with van der Waals surface area (Å²) < 4.78 is 2.70. The Bertz CT molecular complexity index is 476. The van der Waals surface area contributed by atoms with Crippen LogP contribution in [-0.4, -0.2) is 11.1 Å². The fourth-order valence-electron chi connectivity index (χ4n) is 1.29. The number of benzene rings is 1. The number of fused-ring (bicyclic) bond motifs is 1. The molecule has 3 nitrogen and oxygen atoms in total. The van der Waals surface area contributed by atoms with Crippen LogP contribution in [-0.2, 0) is 7.05 Å². The second kappa shape index (κ2) is 4.89. The Labute approximate surface area is 92.6 Å². The summed E-state index contributed by atoms with van der Waals surface area (Å²) >= 11 is 1.30. The van der Waals surface area contributed by atoms with Crippen LogP contribution in [0.2, 0.25) is 0 Å². The summed E-state index contributed by atoms with van der Waals surface area (Å²) in [6, 6.07) is 7.65. The van der Waals surface area contributed by atoms with Crippen molar-refractivity contribution in [2.45, 2.75) is 13.8 Å². The van der Waals surface area contributed by atoms with Crippen LogP contribution in [0, 0.1) is 0 Å². The third-order valence-electron chi connectivity index (χ3n) is 1.92. The van der Waals surface area contributed by atoms with E-state index in [1.807, 2.05) is 38.1 Å². The second-order valence-corrected chi connectivity index (χ2v) is 3.77. The van der Waals surface area contributed by atoms with Gasteiger partial charge in [-0.2, -0.15) is 4.57 Å². The lowest BCUT2D eigenvalue weighted by atomic mass is 10.3. The average molecular weight is 224 g/mol. The molecule has 0 atom stereocenters. The number of nitrogens with zero attached hydrogens (tertiary/aromatic N) is 1. The Balaban J connectivity index is 0.000000531. The Morgan fingerprint density at radius 1 is 1.33 bits per heavy atom. The molecule has 4 heteroatoms. The van der Waals surface area contributed by atoms with Crippen molar-refractivity contribution < 1.29 is 14.5 Å². The molecule has 15 heavy (non-hydrogen) atoms. The van der Waals surface area contributed by atoms with E-state index in [1.54, 1.807) is 11.6 Å². The number of carboxylic acids is 1. The first-order chi connectivity index (χ1) is 7.20. The highest BCUT2D eigenvalue weighted by Crippen LogP contribution is 2.18. The quantitative estimate of drug-likeness (QED) is 0.756. The van der Waals surface area contributed by atoms with Gasteiger partial charge in [-0.25, -0.2) is 4.79 Å². The van der Waals surface area contributed by atoms with Gasteiger partial charge < -0.3 is 5.11 Å². The zero-order valence-corrected chi connectivity index (χ0v) is 9.84. The van der Waals surface area contributed by atoms with Gasteiger partial charge in [-0.3, -0.25) is 0 Å². The molecule has 1 aromatic carbocycles. The molecule has 1 N–H and O–H groups in total. The van der Waals surface area contributed by atoms with Gasteiger partial charge in [0.05, 0.1) is 0 Å². The van der Waals surface area contributed by atoms with Crippen LogP contribution in [0.25, 0.3) is 10.2 Å². The van der Waals surface area contributed by atoms with E-state index in [0.717, 1.165) is 10.2 Å². The summed E-state index contributed by atoms with van der Waals surface area (Å²) in [6.45, 7) is 4.00. The summed E-state index contributed by atoms with van der Waals surface area (Å²) in [7, 11) is 1.77. The van der Waals surface area contributed by atoms with E-state index < -0.39 is 5.97 Å². The number of aromatic nitrogens is 1. The molecule has 2 rings (SSSR count). The first-order valence-electron chi connectivity index (χ1n) is 4.81. The topological polar surface area (TPSA) is 41.2 Å². The molecule has 0 amide bonds. The standard InChI is InChI=1S/C9H7NO2S.C2H6/c1-10-6-4-2-3-5-7(6)13-8(10)9(11)12;1-2/h2-5H,1H3;1-2H3/p+1. The molecule has 0 saturated heterocycles. The van der Waals surface area contributed by atoms with Crippen LogP contribution in [0.15, 0.2) is 24.3 Å². The van der Waals surface area contributed by atoms with Crippen molar-refractivity contribution in [2.75, 3.05) is 0 Å². The number of hydrogen-bond donors (Lipinski definition) is 1. The summed E-state index contributed by atoms with van der Waals surface area (Å²) in [5, 5.41) is 9.22. The van der Waals surface area contributed by atoms with Gasteiger partial charge in [-0.15, -0.1) is 0 Å². The summed E-state index contributed by atoms with van der Waals surface area (Å²) in [5.74, 6) is -0.872. The first kappa shape index (κ1) is 11.7. The van der Waals surface area contributed by atoms with E-state index in [4.69, 9.17) is 5.11 Å². The van der Waals surface area contributed by atoms with Crippen LogP contribution in [0.5, 0.6) is 0 Å². The molecular formula is C11H14NO2S+. The largest absolute Gasteiger partial charge is 0.473 e. The van der Waals surface area contributed by atoms with Crippen LogP contribution < -0.4 is 4.57 Å². The molecule has 0 radical (unpaired) electrons. The smallest absolute Gasteiger partial charge is 0.412 e. The van der Waals surface area contributed by atoms with Gasteiger partial charge in [-0.1, -0.05) is 37.3 Å². The van der Waals surface area contributed by atoms with Crippen molar-refractivity contribution in [1.29, 1.82) is 0 Å². The monoisotopic (exact) mass is 224 g/mol. The maximum absolute atomic E-state index is 10.8. The summed E-state index contributed by atoms with van der Waals surface area (Å²) in [4.78, 5) is 10.8. The highest BCUT2D eigenvalue weighted by Gasteiger charge is 2.22. The minimum atomic E-state index is -0.872. The lowest BCUT2D eigenvalue weighted by molar-refractivity contribution is -0.643. The van der Waals surface area contributed by atoms with Crippen LogP contribution in [0.4, 0.5) is 0 Å². The van der Waals surface area contributed by atoms with Crippen LogP contribution in [0.1, 0.15) is 23.6 Å². The maximum Gasteiger partial charge on any atom is 0.412 e. The van der Waals surface area contributed by atoms with Crippen molar-refractivity contribution in [1.82, 2.24) is 0 Å². The molecular weight excluding hydrogens is 210 g/mol. The van der Waals surface area contributed by atoms with Gasteiger partial charge in [0, 0.05) is 6.07 Å². The highest BCUT2D eigenvalue weighted by atomic mass is 32.1. The predicted molar refractivity (Wildman–Crippen MR) is 61.3 cm³/mol. The average Bonchev–Trinajstić information content (AvgIpc) is 2.60. The zero-order valence-electron chi connectivity index (χ0n) is 9.02. The molecule has 0 unspecified atom stereocenters. The van der Waals surface area contributed by atoms with Crippen LogP contribution >= 0.6 is 11.3 Å². The van der Waals surface area contributed by atoms with Crippen molar-refractivity contribution in [3.8, 4) is 0 Å². The van der Waals surface area contributed by atoms with Gasteiger partial charge in [0.15, 0.2) is 0 Å². The minimum absolute atomic E-state index is 0.362. The Morgan fingerprint density at radius 3 is 2.47 bits per heavy atom. The number of rotatable bonds is 1. The lowest BCUT2D eigenvalue weighted by Gasteiger charge is -1.84. The third kappa shape index (κ3) is 2.15. The number of carbonyl (C=O) groups is 1. The summed E-state index contributed by atoms with van der Waals surface area (Å²) in [5.41, 5.74) is 0.963. The highest BCUT2D eigenvalue weighted by molar-refractivity contribution is 7.19. The van der Waals surface area contributed by atoms with Crippen molar-refractivity contribution in [3.05, 3.63) is 29.3 Å². The maximum atomic E-state index is 10.8. The number of hydrogen-bond acceptors (Lipinski definition) is 2. The van der Waals surface area contributed by atoms with E-state index in [2.05, 4.69) is 0 Å². The Kier molecular flexibility index (Phi) is 3.80. The lowest BCUT2D eigenvalue weighted by Crippen LogP contribution is -2.33. The predicted octanol–water partition coefficient (Wildman–Crippen LogP) is 2.45. The van der Waals surface area contributed by atoms with Crippen molar-refractivity contribution >= 4 is 27.5 Å². The van der Waals surface area contributed by atoms with Crippen molar-refractivity contribution in [2.24, 2.45) is 7.05 Å². The van der Waals surface area contributed by atoms with Crippen LogP contribution in [0.3, 0.4) is 0 Å². The fraction of sp³-hybridized carbons (Fsp3) is 0.273. The Morgan fingerprint density at radius 2 is 1.93 bits per heavy atom. The SMILES string of the molecule is CC.C[n+]1c(C(=O)O)sc2ccccc21.